The number of hydrogen-bond donors (Lipinski definition) is 0. The van der Waals surface area contributed by atoms with E-state index in [0.717, 1.165) is 13.0 Å². The van der Waals surface area contributed by atoms with Crippen LogP contribution >= 0.6 is 11.6 Å². The lowest BCUT2D eigenvalue weighted by molar-refractivity contribution is -0.124. The minimum atomic E-state index is -1.02. The van der Waals surface area contributed by atoms with Crippen LogP contribution in [0.1, 0.15) is 23.5 Å². The molecule has 0 bridgehead atoms. The van der Waals surface area contributed by atoms with Gasteiger partial charge in [0.05, 0.1) is 0 Å². The van der Waals surface area contributed by atoms with Gasteiger partial charge in [0.15, 0.2) is 0 Å². The van der Waals surface area contributed by atoms with Crippen LogP contribution in [0.5, 0.6) is 11.5 Å². The summed E-state index contributed by atoms with van der Waals surface area (Å²) >= 11 is 5.87. The van der Waals surface area contributed by atoms with E-state index >= 15 is 0 Å². The Balaban J connectivity index is 1.47. The molecular formula is C24H22ClNO3. The van der Waals surface area contributed by atoms with Gasteiger partial charge >= 0.3 is 0 Å². The molecular weight excluding hydrogens is 386 g/mol. The topological polar surface area (TPSA) is 38.8 Å². The molecule has 0 N–H and O–H groups in total. The maximum atomic E-state index is 11.4. The van der Waals surface area contributed by atoms with Gasteiger partial charge in [-0.1, -0.05) is 41.9 Å². The average molecular weight is 408 g/mol. The molecule has 2 unspecified atom stereocenters. The van der Waals surface area contributed by atoms with Crippen molar-refractivity contribution in [2.45, 2.75) is 18.6 Å². The van der Waals surface area contributed by atoms with Crippen molar-refractivity contribution in [2.24, 2.45) is 0 Å². The molecule has 0 aromatic heterocycles. The summed E-state index contributed by atoms with van der Waals surface area (Å²) in [6, 6.07) is 23.2. The van der Waals surface area contributed by atoms with Gasteiger partial charge in [-0.05, 0) is 60.0 Å². The van der Waals surface area contributed by atoms with Crippen LogP contribution in [0.15, 0.2) is 72.8 Å². The number of carbonyl (C=O) groups excluding carboxylic acids is 1. The van der Waals surface area contributed by atoms with Crippen LogP contribution < -0.4 is 14.4 Å². The van der Waals surface area contributed by atoms with Crippen LogP contribution in [-0.4, -0.2) is 26.2 Å². The van der Waals surface area contributed by atoms with Crippen LogP contribution in [-0.2, 0) is 4.79 Å². The molecule has 4 rings (SSSR count). The fourth-order valence-corrected chi connectivity index (χ4v) is 3.84. The van der Waals surface area contributed by atoms with Crippen molar-refractivity contribution in [3.63, 3.8) is 0 Å². The monoisotopic (exact) mass is 407 g/mol. The molecule has 1 aliphatic rings. The van der Waals surface area contributed by atoms with E-state index in [2.05, 4.69) is 48.3 Å². The van der Waals surface area contributed by atoms with Crippen molar-refractivity contribution < 1.29 is 14.3 Å². The summed E-state index contributed by atoms with van der Waals surface area (Å²) in [6.07, 6.45) is 0.672. The number of nitrogens with zero attached hydrogens (tertiary/aromatic N) is 1. The van der Waals surface area contributed by atoms with E-state index in [-0.39, 0.29) is 0 Å². The predicted molar refractivity (Wildman–Crippen MR) is 115 cm³/mol. The molecule has 148 valence electrons. The Kier molecular flexibility index (Phi) is 5.72. The van der Waals surface area contributed by atoms with Crippen molar-refractivity contribution in [1.29, 1.82) is 0 Å². The maximum Gasteiger partial charge on any atom is 0.297 e. The van der Waals surface area contributed by atoms with Crippen LogP contribution in [0, 0.1) is 0 Å². The zero-order valence-corrected chi connectivity index (χ0v) is 16.9. The molecule has 0 radical (unpaired) electrons. The quantitative estimate of drug-likeness (QED) is 0.411. The van der Waals surface area contributed by atoms with Gasteiger partial charge in [-0.3, -0.25) is 4.79 Å². The van der Waals surface area contributed by atoms with E-state index in [0.29, 0.717) is 28.7 Å². The maximum absolute atomic E-state index is 11.4. The number of para-hydroxylation sites is 1. The van der Waals surface area contributed by atoms with Crippen molar-refractivity contribution >= 4 is 23.6 Å². The minimum Gasteiger partial charge on any atom is -0.448 e. The van der Waals surface area contributed by atoms with Crippen LogP contribution in [0.3, 0.4) is 0 Å². The predicted octanol–water partition coefficient (Wildman–Crippen LogP) is 5.29. The second kappa shape index (κ2) is 8.58. The average Bonchev–Trinajstić information content (AvgIpc) is 2.76. The largest absolute Gasteiger partial charge is 0.448 e. The minimum absolute atomic E-state index is 0.351. The lowest BCUT2D eigenvalue weighted by Gasteiger charge is -2.33. The van der Waals surface area contributed by atoms with Crippen LogP contribution in [0.25, 0.3) is 0 Å². The Morgan fingerprint density at radius 2 is 1.59 bits per heavy atom. The van der Waals surface area contributed by atoms with Gasteiger partial charge in [0.2, 0.25) is 6.29 Å². The molecule has 1 heterocycles. The van der Waals surface area contributed by atoms with Crippen molar-refractivity contribution in [1.82, 2.24) is 0 Å². The van der Waals surface area contributed by atoms with Crippen LogP contribution in [0.2, 0.25) is 5.02 Å². The molecule has 5 heteroatoms. The zero-order valence-electron chi connectivity index (χ0n) is 16.1. The Morgan fingerprint density at radius 1 is 0.966 bits per heavy atom. The van der Waals surface area contributed by atoms with Gasteiger partial charge in [0, 0.05) is 30.2 Å². The number of hydrogen-bond acceptors (Lipinski definition) is 4. The summed E-state index contributed by atoms with van der Waals surface area (Å²) in [6.45, 7) is 1.02. The van der Waals surface area contributed by atoms with E-state index in [4.69, 9.17) is 21.1 Å². The first-order valence-corrected chi connectivity index (χ1v) is 9.96. The number of carbonyl (C=O) groups is 1. The lowest BCUT2D eigenvalue weighted by atomic mass is 9.84. The molecule has 0 fully saturated rings. The number of fused-ring (bicyclic) bond motifs is 1. The van der Waals surface area contributed by atoms with Gasteiger partial charge in [-0.25, -0.2) is 0 Å². The Morgan fingerprint density at radius 3 is 2.24 bits per heavy atom. The van der Waals surface area contributed by atoms with Gasteiger partial charge in [-0.2, -0.15) is 0 Å². The molecule has 0 saturated heterocycles. The van der Waals surface area contributed by atoms with Gasteiger partial charge in [-0.15, -0.1) is 0 Å². The fraction of sp³-hybridized carbons (Fsp3) is 0.208. The summed E-state index contributed by atoms with van der Waals surface area (Å²) in [5.41, 5.74) is 3.85. The number of anilines is 1. The summed E-state index contributed by atoms with van der Waals surface area (Å²) in [5.74, 6) is 1.45. The third-order valence-electron chi connectivity index (χ3n) is 5.19. The first-order valence-electron chi connectivity index (χ1n) is 9.58. The summed E-state index contributed by atoms with van der Waals surface area (Å²) in [7, 11) is 2.13. The van der Waals surface area contributed by atoms with E-state index in [9.17, 15) is 4.79 Å². The first-order chi connectivity index (χ1) is 14.1. The lowest BCUT2D eigenvalue weighted by Crippen LogP contribution is -2.27. The molecule has 0 amide bonds. The highest BCUT2D eigenvalue weighted by Gasteiger charge is 2.24. The van der Waals surface area contributed by atoms with E-state index in [1.807, 2.05) is 12.1 Å². The smallest absolute Gasteiger partial charge is 0.297 e. The highest BCUT2D eigenvalue weighted by molar-refractivity contribution is 6.30. The second-order valence-electron chi connectivity index (χ2n) is 7.08. The van der Waals surface area contributed by atoms with Gasteiger partial charge in [0.25, 0.3) is 6.29 Å². The summed E-state index contributed by atoms with van der Waals surface area (Å²) < 4.78 is 11.3. The van der Waals surface area contributed by atoms with Gasteiger partial charge in [0.1, 0.15) is 11.5 Å². The molecule has 1 aliphatic heterocycles. The number of rotatable bonds is 6. The Labute approximate surface area is 175 Å². The molecule has 0 saturated carbocycles. The second-order valence-corrected chi connectivity index (χ2v) is 7.52. The Hall–Kier alpha value is -2.98. The fourth-order valence-electron chi connectivity index (χ4n) is 3.71. The van der Waals surface area contributed by atoms with Crippen molar-refractivity contribution in [3.05, 3.63) is 88.9 Å². The van der Waals surface area contributed by atoms with E-state index in [1.165, 1.54) is 16.8 Å². The third kappa shape index (κ3) is 4.38. The Bertz CT molecular complexity index is 972. The number of aldehydes is 1. The molecule has 3 aromatic rings. The van der Waals surface area contributed by atoms with E-state index < -0.39 is 6.29 Å². The number of benzene rings is 3. The summed E-state index contributed by atoms with van der Waals surface area (Å²) in [4.78, 5) is 13.7. The normalized spacial score (nSPS) is 16.6. The molecule has 4 nitrogen and oxygen atoms in total. The number of ether oxygens (including phenoxy) is 2. The highest BCUT2D eigenvalue weighted by atomic mass is 35.5. The van der Waals surface area contributed by atoms with Crippen molar-refractivity contribution in [3.8, 4) is 11.5 Å². The zero-order chi connectivity index (χ0) is 20.2. The molecule has 2 atom stereocenters. The standard InChI is InChI=1S/C24H22ClNO3/c1-26-15-14-21(22-4-2-3-5-23(22)26)17-6-10-19(11-7-17)28-24(16-27)29-20-12-8-18(25)9-13-20/h2-13,16,21,24H,14-15H2,1H3. The molecule has 0 aliphatic carbocycles. The third-order valence-corrected chi connectivity index (χ3v) is 5.44. The van der Waals surface area contributed by atoms with E-state index in [1.54, 1.807) is 24.3 Å². The SMILES string of the molecule is CN1CCC(c2ccc(OC(C=O)Oc3ccc(Cl)cc3)cc2)c2ccccc21. The van der Waals surface area contributed by atoms with Gasteiger partial charge < -0.3 is 14.4 Å². The van der Waals surface area contributed by atoms with Crippen molar-refractivity contribution in [2.75, 3.05) is 18.5 Å². The van der Waals surface area contributed by atoms with Crippen LogP contribution in [0.4, 0.5) is 5.69 Å². The molecule has 3 aromatic carbocycles. The molecule has 29 heavy (non-hydrogen) atoms. The summed E-state index contributed by atoms with van der Waals surface area (Å²) in [5, 5.41) is 0.604. The molecule has 0 spiro atoms. The number of halogens is 1. The first kappa shape index (κ1) is 19.3. The highest BCUT2D eigenvalue weighted by Crippen LogP contribution is 2.39.